The molecule has 1 rings (SSSR count). The van der Waals surface area contributed by atoms with Gasteiger partial charge >= 0.3 is 5.97 Å². The molecule has 1 aliphatic heterocycles. The third-order valence-corrected chi connectivity index (χ3v) is 3.05. The smallest absolute Gasteiger partial charge is 0.303 e. The van der Waals surface area contributed by atoms with Crippen molar-refractivity contribution < 1.29 is 14.7 Å². The molecule has 0 saturated carbocycles. The molecule has 0 aliphatic carbocycles. The van der Waals surface area contributed by atoms with Gasteiger partial charge in [-0.1, -0.05) is 12.8 Å². The maximum Gasteiger partial charge on any atom is 0.303 e. The molecule has 0 bridgehead atoms. The number of hydrogen-bond acceptors (Lipinski definition) is 3. The summed E-state index contributed by atoms with van der Waals surface area (Å²) in [6, 6.07) is 0. The highest BCUT2D eigenvalue weighted by atomic mass is 16.4. The van der Waals surface area contributed by atoms with Gasteiger partial charge in [-0.3, -0.25) is 9.59 Å². The van der Waals surface area contributed by atoms with Gasteiger partial charge in [-0.25, -0.2) is 0 Å². The summed E-state index contributed by atoms with van der Waals surface area (Å²) >= 11 is 0. The minimum absolute atomic E-state index is 0.141. The molecule has 0 radical (unpaired) electrons. The number of unbranched alkanes of at least 4 members (excludes halogenated alkanes) is 3. The van der Waals surface area contributed by atoms with Crippen molar-refractivity contribution in [3.63, 3.8) is 0 Å². The Labute approximate surface area is 102 Å². The maximum absolute atomic E-state index is 11.6. The molecular formula is C12H22N2O3. The van der Waals surface area contributed by atoms with Crippen LogP contribution >= 0.6 is 0 Å². The van der Waals surface area contributed by atoms with Crippen LogP contribution in [0.2, 0.25) is 0 Å². The second kappa shape index (κ2) is 8.06. The Balaban J connectivity index is 1.89. The lowest BCUT2D eigenvalue weighted by Gasteiger charge is -2.09. The zero-order chi connectivity index (χ0) is 12.5. The molecule has 0 aromatic heterocycles. The molecule has 98 valence electrons. The molecule has 1 amide bonds. The van der Waals surface area contributed by atoms with Crippen LogP contribution in [0.1, 0.15) is 38.5 Å². The molecule has 1 aliphatic rings. The number of rotatable bonds is 8. The second-order valence-corrected chi connectivity index (χ2v) is 4.54. The summed E-state index contributed by atoms with van der Waals surface area (Å²) in [4.78, 5) is 21.9. The van der Waals surface area contributed by atoms with Crippen LogP contribution in [0.5, 0.6) is 0 Å². The van der Waals surface area contributed by atoms with Crippen LogP contribution in [0.15, 0.2) is 0 Å². The number of carboxylic acids is 1. The van der Waals surface area contributed by atoms with Crippen molar-refractivity contribution in [3.8, 4) is 0 Å². The van der Waals surface area contributed by atoms with Gasteiger partial charge < -0.3 is 15.7 Å². The van der Waals surface area contributed by atoms with Crippen molar-refractivity contribution in [3.05, 3.63) is 0 Å². The van der Waals surface area contributed by atoms with Crippen LogP contribution in [0.4, 0.5) is 0 Å². The number of hydrogen-bond donors (Lipinski definition) is 3. The van der Waals surface area contributed by atoms with Crippen molar-refractivity contribution in [1.82, 2.24) is 10.6 Å². The lowest BCUT2D eigenvalue weighted by atomic mass is 10.1. The van der Waals surface area contributed by atoms with Crippen molar-refractivity contribution in [2.75, 3.05) is 19.6 Å². The van der Waals surface area contributed by atoms with E-state index in [1.54, 1.807) is 0 Å². The molecule has 1 heterocycles. The molecular weight excluding hydrogens is 220 g/mol. The van der Waals surface area contributed by atoms with Gasteiger partial charge in [0.2, 0.25) is 5.91 Å². The first kappa shape index (κ1) is 14.0. The van der Waals surface area contributed by atoms with Crippen LogP contribution in [0, 0.1) is 5.92 Å². The summed E-state index contributed by atoms with van der Waals surface area (Å²) in [6.07, 6.45) is 4.76. The Kier molecular flexibility index (Phi) is 6.62. The van der Waals surface area contributed by atoms with Gasteiger partial charge in [0.15, 0.2) is 0 Å². The van der Waals surface area contributed by atoms with E-state index in [9.17, 15) is 9.59 Å². The standard InChI is InChI=1S/C12H22N2O3/c15-11(16)5-3-1-2-4-7-14-12(17)10-6-8-13-9-10/h10,13H,1-9H2,(H,14,17)(H,15,16). The zero-order valence-electron chi connectivity index (χ0n) is 10.2. The molecule has 17 heavy (non-hydrogen) atoms. The third kappa shape index (κ3) is 6.26. The largest absolute Gasteiger partial charge is 0.481 e. The van der Waals surface area contributed by atoms with Crippen LogP contribution in [-0.4, -0.2) is 36.6 Å². The first-order valence-electron chi connectivity index (χ1n) is 6.40. The number of aliphatic carboxylic acids is 1. The van der Waals surface area contributed by atoms with Gasteiger partial charge in [-0.2, -0.15) is 0 Å². The zero-order valence-corrected chi connectivity index (χ0v) is 10.2. The predicted octanol–water partition coefficient (Wildman–Crippen LogP) is 0.747. The number of nitrogens with one attached hydrogen (secondary N) is 2. The molecule has 1 unspecified atom stereocenters. The Morgan fingerprint density at radius 1 is 1.24 bits per heavy atom. The van der Waals surface area contributed by atoms with Gasteiger partial charge in [0.25, 0.3) is 0 Å². The van der Waals surface area contributed by atoms with E-state index in [0.29, 0.717) is 6.54 Å². The van der Waals surface area contributed by atoms with E-state index in [4.69, 9.17) is 5.11 Å². The van der Waals surface area contributed by atoms with E-state index in [0.717, 1.165) is 45.2 Å². The summed E-state index contributed by atoms with van der Waals surface area (Å²) in [5, 5.41) is 14.5. The number of amides is 1. The van der Waals surface area contributed by atoms with Crippen molar-refractivity contribution in [1.29, 1.82) is 0 Å². The number of carbonyl (C=O) groups excluding carboxylic acids is 1. The average molecular weight is 242 g/mol. The monoisotopic (exact) mass is 242 g/mol. The van der Waals surface area contributed by atoms with E-state index < -0.39 is 5.97 Å². The SMILES string of the molecule is O=C(O)CCCCCCNC(=O)C1CCNC1. The molecule has 0 aromatic carbocycles. The summed E-state index contributed by atoms with van der Waals surface area (Å²) in [6.45, 7) is 2.44. The van der Waals surface area contributed by atoms with Crippen LogP contribution in [-0.2, 0) is 9.59 Å². The lowest BCUT2D eigenvalue weighted by molar-refractivity contribution is -0.137. The summed E-state index contributed by atoms with van der Waals surface area (Å²) < 4.78 is 0. The fourth-order valence-corrected chi connectivity index (χ4v) is 1.99. The minimum atomic E-state index is -0.730. The first-order chi connectivity index (χ1) is 8.20. The first-order valence-corrected chi connectivity index (χ1v) is 6.40. The predicted molar refractivity (Wildman–Crippen MR) is 64.7 cm³/mol. The van der Waals surface area contributed by atoms with Crippen LogP contribution in [0.3, 0.4) is 0 Å². The van der Waals surface area contributed by atoms with Gasteiger partial charge in [0.05, 0.1) is 5.92 Å². The maximum atomic E-state index is 11.6. The Bertz CT molecular complexity index is 250. The Morgan fingerprint density at radius 2 is 2.00 bits per heavy atom. The van der Waals surface area contributed by atoms with Gasteiger partial charge in [0.1, 0.15) is 0 Å². The second-order valence-electron chi connectivity index (χ2n) is 4.54. The molecule has 5 nitrogen and oxygen atoms in total. The van der Waals surface area contributed by atoms with E-state index in [-0.39, 0.29) is 18.2 Å². The van der Waals surface area contributed by atoms with Crippen molar-refractivity contribution in [2.45, 2.75) is 38.5 Å². The Morgan fingerprint density at radius 3 is 2.65 bits per heavy atom. The van der Waals surface area contributed by atoms with E-state index in [1.807, 2.05) is 0 Å². The highest BCUT2D eigenvalue weighted by molar-refractivity contribution is 5.79. The molecule has 0 spiro atoms. The van der Waals surface area contributed by atoms with Gasteiger partial charge in [-0.15, -0.1) is 0 Å². The van der Waals surface area contributed by atoms with E-state index in [1.165, 1.54) is 0 Å². The van der Waals surface area contributed by atoms with Crippen molar-refractivity contribution in [2.24, 2.45) is 5.92 Å². The molecule has 1 saturated heterocycles. The van der Waals surface area contributed by atoms with Crippen LogP contribution in [0.25, 0.3) is 0 Å². The highest BCUT2D eigenvalue weighted by Crippen LogP contribution is 2.07. The topological polar surface area (TPSA) is 78.4 Å². The van der Waals surface area contributed by atoms with Gasteiger partial charge in [-0.05, 0) is 25.8 Å². The summed E-state index contributed by atoms with van der Waals surface area (Å²) in [7, 11) is 0. The van der Waals surface area contributed by atoms with Gasteiger partial charge in [0, 0.05) is 19.5 Å². The van der Waals surface area contributed by atoms with E-state index >= 15 is 0 Å². The highest BCUT2D eigenvalue weighted by Gasteiger charge is 2.21. The quantitative estimate of drug-likeness (QED) is 0.549. The number of carboxylic acid groups (broad SMARTS) is 1. The average Bonchev–Trinajstić information content (AvgIpc) is 2.80. The summed E-state index contributed by atoms with van der Waals surface area (Å²) in [5.41, 5.74) is 0. The number of carbonyl (C=O) groups is 2. The van der Waals surface area contributed by atoms with Crippen LogP contribution < -0.4 is 10.6 Å². The normalized spacial score (nSPS) is 19.2. The molecule has 5 heteroatoms. The van der Waals surface area contributed by atoms with E-state index in [2.05, 4.69) is 10.6 Å². The molecule has 1 fully saturated rings. The Hall–Kier alpha value is -1.10. The molecule has 1 atom stereocenters. The fraction of sp³-hybridized carbons (Fsp3) is 0.833. The molecule has 3 N–H and O–H groups in total. The fourth-order valence-electron chi connectivity index (χ4n) is 1.99. The minimum Gasteiger partial charge on any atom is -0.481 e. The molecule has 0 aromatic rings. The lowest BCUT2D eigenvalue weighted by Crippen LogP contribution is -2.32. The van der Waals surface area contributed by atoms with Crippen molar-refractivity contribution >= 4 is 11.9 Å². The summed E-state index contributed by atoms with van der Waals surface area (Å²) in [5.74, 6) is -0.436. The third-order valence-electron chi connectivity index (χ3n) is 3.05.